The Labute approximate surface area is 183 Å². The predicted octanol–water partition coefficient (Wildman–Crippen LogP) is 2.98. The van der Waals surface area contributed by atoms with Gasteiger partial charge in [0.25, 0.3) is 0 Å². The van der Waals surface area contributed by atoms with Crippen LogP contribution in [0.4, 0.5) is 5.13 Å². The number of nitrogens with one attached hydrogen (secondary N) is 2. The highest BCUT2D eigenvalue weighted by Crippen LogP contribution is 2.24. The molecule has 0 spiro atoms. The van der Waals surface area contributed by atoms with Crippen LogP contribution >= 0.6 is 11.3 Å². The standard InChI is InChI=1S/C22H33N5O2S/c1-17-6-7-18(20(14-17)29-13-12-28-3)15-25-21(23-2)24-9-8-19-16-30-22(26-19)27-10-4-5-11-27/h6-7,14,16H,4-5,8-13,15H2,1-3H3,(H2,23,24,25). The third-order valence-electron chi connectivity index (χ3n) is 5.03. The van der Waals surface area contributed by atoms with Crippen molar-refractivity contribution in [1.82, 2.24) is 15.6 Å². The maximum Gasteiger partial charge on any atom is 0.191 e. The zero-order chi connectivity index (χ0) is 21.2. The summed E-state index contributed by atoms with van der Waals surface area (Å²) in [5, 5.41) is 10.1. The van der Waals surface area contributed by atoms with Gasteiger partial charge in [0.2, 0.25) is 0 Å². The Kier molecular flexibility index (Phi) is 8.77. The molecule has 8 heteroatoms. The monoisotopic (exact) mass is 431 g/mol. The van der Waals surface area contributed by atoms with Gasteiger partial charge < -0.3 is 25.0 Å². The lowest BCUT2D eigenvalue weighted by Crippen LogP contribution is -2.38. The van der Waals surface area contributed by atoms with Gasteiger partial charge in [0, 0.05) is 57.7 Å². The smallest absolute Gasteiger partial charge is 0.191 e. The molecule has 0 atom stereocenters. The van der Waals surface area contributed by atoms with E-state index in [2.05, 4.69) is 51.0 Å². The molecule has 1 aromatic heterocycles. The molecule has 1 fully saturated rings. The Morgan fingerprint density at radius 3 is 2.83 bits per heavy atom. The van der Waals surface area contributed by atoms with E-state index in [4.69, 9.17) is 14.5 Å². The lowest BCUT2D eigenvalue weighted by atomic mass is 10.1. The van der Waals surface area contributed by atoms with Gasteiger partial charge in [-0.25, -0.2) is 4.98 Å². The highest BCUT2D eigenvalue weighted by molar-refractivity contribution is 7.13. The molecule has 2 aromatic rings. The van der Waals surface area contributed by atoms with Crippen molar-refractivity contribution in [1.29, 1.82) is 0 Å². The quantitative estimate of drug-likeness (QED) is 0.342. The number of hydrogen-bond acceptors (Lipinski definition) is 6. The molecule has 0 radical (unpaired) electrons. The van der Waals surface area contributed by atoms with Crippen LogP contribution in [0.15, 0.2) is 28.6 Å². The average Bonchev–Trinajstić information content (AvgIpc) is 3.44. The summed E-state index contributed by atoms with van der Waals surface area (Å²) in [4.78, 5) is 11.5. The van der Waals surface area contributed by atoms with E-state index < -0.39 is 0 Å². The van der Waals surface area contributed by atoms with Crippen molar-refractivity contribution in [3.05, 3.63) is 40.4 Å². The second-order valence-corrected chi connectivity index (χ2v) is 8.21. The van der Waals surface area contributed by atoms with Crippen LogP contribution in [0.25, 0.3) is 0 Å². The van der Waals surface area contributed by atoms with Crippen molar-refractivity contribution in [2.45, 2.75) is 32.7 Å². The first-order valence-corrected chi connectivity index (χ1v) is 11.4. The second-order valence-electron chi connectivity index (χ2n) is 7.37. The molecule has 0 amide bonds. The van der Waals surface area contributed by atoms with E-state index >= 15 is 0 Å². The number of aliphatic imine (C=N–C) groups is 1. The number of hydrogen-bond donors (Lipinski definition) is 2. The second kappa shape index (κ2) is 11.8. The van der Waals surface area contributed by atoms with E-state index in [1.807, 2.05) is 0 Å². The summed E-state index contributed by atoms with van der Waals surface area (Å²) < 4.78 is 11.0. The number of guanidine groups is 1. The van der Waals surface area contributed by atoms with Crippen molar-refractivity contribution in [2.24, 2.45) is 4.99 Å². The summed E-state index contributed by atoms with van der Waals surface area (Å²) in [6.07, 6.45) is 3.43. The molecule has 1 aliphatic heterocycles. The normalized spacial score (nSPS) is 14.2. The van der Waals surface area contributed by atoms with E-state index in [0.29, 0.717) is 19.8 Å². The summed E-state index contributed by atoms with van der Waals surface area (Å²) in [6.45, 7) is 6.86. The van der Waals surface area contributed by atoms with Crippen LogP contribution in [-0.4, -0.2) is 57.9 Å². The number of ether oxygens (including phenoxy) is 2. The number of benzene rings is 1. The highest BCUT2D eigenvalue weighted by Gasteiger charge is 2.15. The molecule has 164 valence electrons. The van der Waals surface area contributed by atoms with Gasteiger partial charge >= 0.3 is 0 Å². The van der Waals surface area contributed by atoms with Crippen molar-refractivity contribution < 1.29 is 9.47 Å². The molecule has 0 unspecified atom stereocenters. The number of anilines is 1. The van der Waals surface area contributed by atoms with Crippen LogP contribution in [0.2, 0.25) is 0 Å². The predicted molar refractivity (Wildman–Crippen MR) is 124 cm³/mol. The van der Waals surface area contributed by atoms with Crippen LogP contribution in [0, 0.1) is 6.92 Å². The molecule has 1 aromatic carbocycles. The Bertz CT molecular complexity index is 818. The first-order chi connectivity index (χ1) is 14.7. The molecule has 2 N–H and O–H groups in total. The van der Waals surface area contributed by atoms with Gasteiger partial charge in [0.1, 0.15) is 12.4 Å². The summed E-state index contributed by atoms with van der Waals surface area (Å²) in [6, 6.07) is 6.24. The minimum absolute atomic E-state index is 0.535. The molecular weight excluding hydrogens is 398 g/mol. The molecule has 0 saturated carbocycles. The lowest BCUT2D eigenvalue weighted by Gasteiger charge is -2.15. The molecule has 3 rings (SSSR count). The largest absolute Gasteiger partial charge is 0.491 e. The Hall–Kier alpha value is -2.32. The number of aromatic nitrogens is 1. The van der Waals surface area contributed by atoms with Gasteiger partial charge in [-0.2, -0.15) is 0 Å². The summed E-state index contributed by atoms with van der Waals surface area (Å²) in [7, 11) is 3.46. The van der Waals surface area contributed by atoms with Crippen LogP contribution in [0.1, 0.15) is 29.7 Å². The molecular formula is C22H33N5O2S. The minimum atomic E-state index is 0.535. The van der Waals surface area contributed by atoms with Gasteiger partial charge in [-0.1, -0.05) is 12.1 Å². The highest BCUT2D eigenvalue weighted by atomic mass is 32.1. The number of aryl methyl sites for hydroxylation is 1. The molecule has 1 aliphatic rings. The minimum Gasteiger partial charge on any atom is -0.491 e. The summed E-state index contributed by atoms with van der Waals surface area (Å²) in [5.41, 5.74) is 3.40. The van der Waals surface area contributed by atoms with E-state index in [1.54, 1.807) is 25.5 Å². The van der Waals surface area contributed by atoms with Gasteiger partial charge in [-0.05, 0) is 31.4 Å². The fourth-order valence-electron chi connectivity index (χ4n) is 3.35. The van der Waals surface area contributed by atoms with E-state index in [9.17, 15) is 0 Å². The molecule has 30 heavy (non-hydrogen) atoms. The summed E-state index contributed by atoms with van der Waals surface area (Å²) in [5.74, 6) is 1.65. The maximum absolute atomic E-state index is 5.87. The first-order valence-electron chi connectivity index (χ1n) is 10.5. The molecule has 0 aliphatic carbocycles. The molecule has 0 bridgehead atoms. The maximum atomic E-state index is 5.87. The van der Waals surface area contributed by atoms with Gasteiger partial charge in [-0.15, -0.1) is 11.3 Å². The summed E-state index contributed by atoms with van der Waals surface area (Å²) >= 11 is 1.75. The fraction of sp³-hybridized carbons (Fsp3) is 0.545. The van der Waals surface area contributed by atoms with Crippen LogP contribution in [-0.2, 0) is 17.7 Å². The van der Waals surface area contributed by atoms with Crippen molar-refractivity contribution in [3.8, 4) is 5.75 Å². The zero-order valence-electron chi connectivity index (χ0n) is 18.2. The van der Waals surface area contributed by atoms with Gasteiger partial charge in [0.05, 0.1) is 12.3 Å². The van der Waals surface area contributed by atoms with Crippen molar-refractivity contribution >= 4 is 22.4 Å². The number of nitrogens with zero attached hydrogens (tertiary/aromatic N) is 3. The Morgan fingerprint density at radius 2 is 2.07 bits per heavy atom. The zero-order valence-corrected chi connectivity index (χ0v) is 19.1. The molecule has 1 saturated heterocycles. The number of thiazole rings is 1. The third kappa shape index (κ3) is 6.60. The first kappa shape index (κ1) is 22.4. The average molecular weight is 432 g/mol. The Morgan fingerprint density at radius 1 is 1.23 bits per heavy atom. The van der Waals surface area contributed by atoms with Crippen LogP contribution < -0.4 is 20.3 Å². The molecule has 7 nitrogen and oxygen atoms in total. The van der Waals surface area contributed by atoms with E-state index in [-0.39, 0.29) is 0 Å². The fourth-order valence-corrected chi connectivity index (χ4v) is 4.26. The van der Waals surface area contributed by atoms with Gasteiger partial charge in [-0.3, -0.25) is 4.99 Å². The Balaban J connectivity index is 1.46. The van der Waals surface area contributed by atoms with Crippen LogP contribution in [0.5, 0.6) is 5.75 Å². The molecule has 2 heterocycles. The van der Waals surface area contributed by atoms with E-state index in [0.717, 1.165) is 54.2 Å². The van der Waals surface area contributed by atoms with Crippen molar-refractivity contribution in [2.75, 3.05) is 51.9 Å². The lowest BCUT2D eigenvalue weighted by molar-refractivity contribution is 0.145. The van der Waals surface area contributed by atoms with E-state index in [1.165, 1.54) is 18.4 Å². The van der Waals surface area contributed by atoms with Gasteiger partial charge in [0.15, 0.2) is 11.1 Å². The number of methoxy groups -OCH3 is 1. The SMILES string of the molecule is CN=C(NCCc1csc(N2CCCC2)n1)NCc1ccc(C)cc1OCCOC. The third-order valence-corrected chi connectivity index (χ3v) is 5.98. The topological polar surface area (TPSA) is 71.0 Å². The van der Waals surface area contributed by atoms with Crippen molar-refractivity contribution in [3.63, 3.8) is 0 Å². The van der Waals surface area contributed by atoms with Crippen LogP contribution in [0.3, 0.4) is 0 Å². The number of rotatable bonds is 10.